The lowest BCUT2D eigenvalue weighted by Crippen LogP contribution is -2.59. The third-order valence-electron chi connectivity index (χ3n) is 4.83. The summed E-state index contributed by atoms with van der Waals surface area (Å²) in [4.78, 5) is 28.7. The van der Waals surface area contributed by atoms with E-state index in [4.69, 9.17) is 0 Å². The van der Waals surface area contributed by atoms with Crippen LogP contribution in [0.3, 0.4) is 0 Å². The molecule has 5 nitrogen and oxygen atoms in total. The smallest absolute Gasteiger partial charge is 0.253 e. The molecule has 0 aliphatic carbocycles. The number of nitrogens with zero attached hydrogens (tertiary/aromatic N) is 2. The molecule has 0 aromatic heterocycles. The highest BCUT2D eigenvalue weighted by atomic mass is 16.2. The largest absolute Gasteiger partial charge is 0.338 e. The standard InChI is InChI=1S/C18H25N3O2/c1-14(2)13-21-16(22)12-19-18(21)8-10-20(11-9-18)17(23)15-6-4-3-5-7-15/h3-7,14,19H,8-13H2,1-2H3. The van der Waals surface area contributed by atoms with E-state index >= 15 is 0 Å². The van der Waals surface area contributed by atoms with Gasteiger partial charge in [0.1, 0.15) is 0 Å². The molecule has 2 amide bonds. The van der Waals surface area contributed by atoms with Crippen molar-refractivity contribution in [2.24, 2.45) is 5.92 Å². The zero-order valence-corrected chi connectivity index (χ0v) is 13.9. The van der Waals surface area contributed by atoms with Crippen LogP contribution in [0.25, 0.3) is 0 Å². The predicted molar refractivity (Wildman–Crippen MR) is 88.9 cm³/mol. The van der Waals surface area contributed by atoms with Crippen LogP contribution in [0, 0.1) is 5.92 Å². The van der Waals surface area contributed by atoms with Crippen molar-refractivity contribution in [3.8, 4) is 0 Å². The fourth-order valence-corrected chi connectivity index (χ4v) is 3.60. The second kappa shape index (κ2) is 6.32. The summed E-state index contributed by atoms with van der Waals surface area (Å²) < 4.78 is 0. The third kappa shape index (κ3) is 3.11. The molecule has 0 unspecified atom stereocenters. The SMILES string of the molecule is CC(C)CN1C(=O)CNC12CCN(C(=O)c1ccccc1)CC2. The summed E-state index contributed by atoms with van der Waals surface area (Å²) in [6, 6.07) is 9.41. The van der Waals surface area contributed by atoms with Crippen LogP contribution in [0.1, 0.15) is 37.0 Å². The summed E-state index contributed by atoms with van der Waals surface area (Å²) in [7, 11) is 0. The summed E-state index contributed by atoms with van der Waals surface area (Å²) in [6.07, 6.45) is 1.59. The second-order valence-corrected chi connectivity index (χ2v) is 6.94. The first-order valence-electron chi connectivity index (χ1n) is 8.42. The molecule has 2 saturated heterocycles. The minimum Gasteiger partial charge on any atom is -0.338 e. The van der Waals surface area contributed by atoms with Gasteiger partial charge in [-0.15, -0.1) is 0 Å². The van der Waals surface area contributed by atoms with Crippen LogP contribution in [0.2, 0.25) is 0 Å². The molecule has 23 heavy (non-hydrogen) atoms. The topological polar surface area (TPSA) is 52.7 Å². The van der Waals surface area contributed by atoms with E-state index in [1.807, 2.05) is 40.1 Å². The quantitative estimate of drug-likeness (QED) is 0.924. The number of amides is 2. The average Bonchev–Trinajstić information content (AvgIpc) is 2.85. The number of hydrogen-bond donors (Lipinski definition) is 1. The van der Waals surface area contributed by atoms with Gasteiger partial charge in [0, 0.05) is 38.0 Å². The van der Waals surface area contributed by atoms with Crippen LogP contribution in [-0.4, -0.2) is 53.5 Å². The number of rotatable bonds is 3. The molecule has 3 rings (SSSR count). The fourth-order valence-electron chi connectivity index (χ4n) is 3.60. The maximum atomic E-state index is 12.6. The number of nitrogens with one attached hydrogen (secondary N) is 1. The Kier molecular flexibility index (Phi) is 4.39. The molecule has 2 fully saturated rings. The zero-order valence-electron chi connectivity index (χ0n) is 13.9. The van der Waals surface area contributed by atoms with Crippen LogP contribution in [0.15, 0.2) is 30.3 Å². The lowest BCUT2D eigenvalue weighted by atomic mass is 9.94. The van der Waals surface area contributed by atoms with Gasteiger partial charge in [-0.05, 0) is 18.1 Å². The lowest BCUT2D eigenvalue weighted by molar-refractivity contribution is -0.132. The Hall–Kier alpha value is -1.88. The summed E-state index contributed by atoms with van der Waals surface area (Å²) in [5.41, 5.74) is 0.479. The van der Waals surface area contributed by atoms with E-state index in [0.29, 0.717) is 25.6 Å². The van der Waals surface area contributed by atoms with Gasteiger partial charge in [-0.2, -0.15) is 0 Å². The summed E-state index contributed by atoms with van der Waals surface area (Å²) in [5, 5.41) is 3.41. The minimum absolute atomic E-state index is 0.0835. The fraction of sp³-hybridized carbons (Fsp3) is 0.556. The first kappa shape index (κ1) is 16.0. The minimum atomic E-state index is -0.255. The molecule has 0 saturated carbocycles. The highest BCUT2D eigenvalue weighted by molar-refractivity contribution is 5.94. The second-order valence-electron chi connectivity index (χ2n) is 6.94. The molecule has 1 aromatic carbocycles. The normalized spacial score (nSPS) is 20.6. The molecule has 1 spiro atoms. The van der Waals surface area contributed by atoms with Gasteiger partial charge in [0.2, 0.25) is 5.91 Å². The van der Waals surface area contributed by atoms with E-state index in [-0.39, 0.29) is 17.5 Å². The molecule has 2 aliphatic heterocycles. The molecular formula is C18H25N3O2. The van der Waals surface area contributed by atoms with Crippen LogP contribution in [-0.2, 0) is 4.79 Å². The summed E-state index contributed by atoms with van der Waals surface area (Å²) in [6.45, 7) is 6.82. The van der Waals surface area contributed by atoms with Crippen LogP contribution in [0.5, 0.6) is 0 Å². The Bertz CT molecular complexity index is 577. The number of benzene rings is 1. The van der Waals surface area contributed by atoms with Gasteiger partial charge >= 0.3 is 0 Å². The number of hydrogen-bond acceptors (Lipinski definition) is 3. The average molecular weight is 315 g/mol. The molecular weight excluding hydrogens is 290 g/mol. The number of carbonyl (C=O) groups excluding carboxylic acids is 2. The number of likely N-dealkylation sites (tertiary alicyclic amines) is 1. The van der Waals surface area contributed by atoms with Crippen LogP contribution >= 0.6 is 0 Å². The van der Waals surface area contributed by atoms with Gasteiger partial charge in [0.05, 0.1) is 12.2 Å². The van der Waals surface area contributed by atoms with E-state index < -0.39 is 0 Å². The molecule has 1 N–H and O–H groups in total. The van der Waals surface area contributed by atoms with E-state index in [1.54, 1.807) is 0 Å². The zero-order chi connectivity index (χ0) is 16.4. The Labute approximate surface area is 137 Å². The Morgan fingerprint density at radius 3 is 2.48 bits per heavy atom. The van der Waals surface area contributed by atoms with Crippen molar-refractivity contribution in [1.82, 2.24) is 15.1 Å². The molecule has 0 bridgehead atoms. The molecule has 0 radical (unpaired) electrons. The molecule has 124 valence electrons. The number of piperidine rings is 1. The van der Waals surface area contributed by atoms with Crippen LogP contribution < -0.4 is 5.32 Å². The number of carbonyl (C=O) groups is 2. The van der Waals surface area contributed by atoms with Crippen molar-refractivity contribution in [1.29, 1.82) is 0 Å². The lowest BCUT2D eigenvalue weighted by Gasteiger charge is -2.45. The summed E-state index contributed by atoms with van der Waals surface area (Å²) >= 11 is 0. The van der Waals surface area contributed by atoms with Crippen molar-refractivity contribution >= 4 is 11.8 Å². The van der Waals surface area contributed by atoms with Crippen molar-refractivity contribution in [3.63, 3.8) is 0 Å². The van der Waals surface area contributed by atoms with Gasteiger partial charge in [0.25, 0.3) is 5.91 Å². The Balaban J connectivity index is 1.68. The van der Waals surface area contributed by atoms with E-state index in [9.17, 15) is 9.59 Å². The Morgan fingerprint density at radius 1 is 1.22 bits per heavy atom. The molecule has 2 aliphatic rings. The van der Waals surface area contributed by atoms with Crippen molar-refractivity contribution in [2.45, 2.75) is 32.4 Å². The molecule has 5 heteroatoms. The van der Waals surface area contributed by atoms with E-state index in [1.165, 1.54) is 0 Å². The molecule has 1 aromatic rings. The molecule has 0 atom stereocenters. The maximum Gasteiger partial charge on any atom is 0.253 e. The van der Waals surface area contributed by atoms with Crippen molar-refractivity contribution in [3.05, 3.63) is 35.9 Å². The summed E-state index contributed by atoms with van der Waals surface area (Å²) in [5.74, 6) is 0.710. The van der Waals surface area contributed by atoms with Gasteiger partial charge < -0.3 is 9.80 Å². The van der Waals surface area contributed by atoms with E-state index in [0.717, 1.165) is 24.9 Å². The Morgan fingerprint density at radius 2 is 1.87 bits per heavy atom. The third-order valence-corrected chi connectivity index (χ3v) is 4.83. The molecule has 2 heterocycles. The first-order valence-corrected chi connectivity index (χ1v) is 8.42. The van der Waals surface area contributed by atoms with Gasteiger partial charge in [-0.3, -0.25) is 14.9 Å². The monoisotopic (exact) mass is 315 g/mol. The van der Waals surface area contributed by atoms with E-state index in [2.05, 4.69) is 19.2 Å². The highest BCUT2D eigenvalue weighted by Gasteiger charge is 2.47. The maximum absolute atomic E-state index is 12.6. The van der Waals surface area contributed by atoms with Crippen molar-refractivity contribution in [2.75, 3.05) is 26.2 Å². The van der Waals surface area contributed by atoms with Gasteiger partial charge in [-0.25, -0.2) is 0 Å². The van der Waals surface area contributed by atoms with Crippen molar-refractivity contribution < 1.29 is 9.59 Å². The predicted octanol–water partition coefficient (Wildman–Crippen LogP) is 1.71. The first-order chi connectivity index (χ1) is 11.0. The highest BCUT2D eigenvalue weighted by Crippen LogP contribution is 2.31. The van der Waals surface area contributed by atoms with Gasteiger partial charge in [0.15, 0.2) is 0 Å². The van der Waals surface area contributed by atoms with Gasteiger partial charge in [-0.1, -0.05) is 32.0 Å². The van der Waals surface area contributed by atoms with Crippen LogP contribution in [0.4, 0.5) is 0 Å².